The number of nitrogens with one attached hydrogen (secondary N) is 1. The second kappa shape index (κ2) is 6.33. The lowest BCUT2D eigenvalue weighted by Gasteiger charge is -2.07. The zero-order valence-corrected chi connectivity index (χ0v) is 14.1. The first-order chi connectivity index (χ1) is 12.6. The molecule has 128 valence electrons. The van der Waals surface area contributed by atoms with E-state index in [1.165, 1.54) is 6.33 Å². The van der Waals surface area contributed by atoms with Gasteiger partial charge in [-0.25, -0.2) is 9.97 Å². The number of fused-ring (bicyclic) bond motifs is 1. The highest BCUT2D eigenvalue weighted by atomic mass is 16.3. The summed E-state index contributed by atoms with van der Waals surface area (Å²) in [6, 6.07) is 16.6. The Hall–Kier alpha value is -3.67. The van der Waals surface area contributed by atoms with Crippen LogP contribution in [-0.2, 0) is 0 Å². The fourth-order valence-electron chi connectivity index (χ4n) is 2.93. The van der Waals surface area contributed by atoms with Gasteiger partial charge in [0.25, 0.3) is 5.91 Å². The van der Waals surface area contributed by atoms with Crippen LogP contribution in [0.2, 0.25) is 0 Å². The van der Waals surface area contributed by atoms with E-state index in [4.69, 9.17) is 10.2 Å². The summed E-state index contributed by atoms with van der Waals surface area (Å²) in [6.07, 6.45) is 1.38. The van der Waals surface area contributed by atoms with E-state index in [2.05, 4.69) is 15.3 Å². The Morgan fingerprint density at radius 2 is 1.77 bits per heavy atom. The maximum Gasteiger partial charge on any atom is 0.255 e. The Morgan fingerprint density at radius 1 is 1.04 bits per heavy atom. The van der Waals surface area contributed by atoms with Crippen molar-refractivity contribution in [3.05, 3.63) is 72.2 Å². The quantitative estimate of drug-likeness (QED) is 0.585. The summed E-state index contributed by atoms with van der Waals surface area (Å²) < 4.78 is 5.69. The van der Waals surface area contributed by atoms with Gasteiger partial charge < -0.3 is 15.5 Å². The fourth-order valence-corrected chi connectivity index (χ4v) is 2.93. The van der Waals surface area contributed by atoms with Crippen molar-refractivity contribution >= 4 is 28.5 Å². The van der Waals surface area contributed by atoms with Crippen LogP contribution in [0.25, 0.3) is 22.2 Å². The van der Waals surface area contributed by atoms with Crippen molar-refractivity contribution in [2.75, 3.05) is 11.1 Å². The largest absolute Gasteiger partial charge is 0.442 e. The second-order valence-corrected chi connectivity index (χ2v) is 5.87. The average molecular weight is 344 g/mol. The summed E-state index contributed by atoms with van der Waals surface area (Å²) in [5.74, 6) is 0.942. The van der Waals surface area contributed by atoms with Gasteiger partial charge in [-0.1, -0.05) is 30.3 Å². The third-order valence-electron chi connectivity index (χ3n) is 4.16. The molecule has 6 nitrogen and oxygen atoms in total. The molecule has 0 fully saturated rings. The summed E-state index contributed by atoms with van der Waals surface area (Å²) in [4.78, 5) is 20.4. The lowest BCUT2D eigenvalue weighted by Crippen LogP contribution is -2.11. The fraction of sp³-hybridized carbons (Fsp3) is 0.0500. The molecule has 0 aliphatic heterocycles. The number of carbonyl (C=O) groups excluding carboxylic acids is 1. The maximum absolute atomic E-state index is 12.2. The summed E-state index contributed by atoms with van der Waals surface area (Å²) in [7, 11) is 0. The molecule has 6 heteroatoms. The minimum absolute atomic E-state index is 0.152. The molecule has 0 spiro atoms. The lowest BCUT2D eigenvalue weighted by molar-refractivity contribution is 0.102. The number of benzene rings is 2. The molecule has 4 aromatic rings. The number of furan rings is 1. The standard InChI is InChI=1S/C20H16N4O2/c1-12-16(17-18(21)22-11-23-20(17)26-12)13-7-9-15(10-8-13)24-19(25)14-5-3-2-4-6-14/h2-11H,1H3,(H,24,25)(H2,21,22,23). The molecule has 0 unspecified atom stereocenters. The SMILES string of the molecule is Cc1oc2ncnc(N)c2c1-c1ccc(NC(=O)c2ccccc2)cc1. The molecule has 0 radical (unpaired) electrons. The van der Waals surface area contributed by atoms with E-state index in [9.17, 15) is 4.79 Å². The van der Waals surface area contributed by atoms with Gasteiger partial charge in [0.1, 0.15) is 17.9 Å². The zero-order chi connectivity index (χ0) is 18.1. The number of hydrogen-bond donors (Lipinski definition) is 2. The molecule has 26 heavy (non-hydrogen) atoms. The average Bonchev–Trinajstić information content (AvgIpc) is 3.00. The van der Waals surface area contributed by atoms with E-state index >= 15 is 0 Å². The third kappa shape index (κ3) is 2.77. The Kier molecular flexibility index (Phi) is 3.85. The summed E-state index contributed by atoms with van der Waals surface area (Å²) in [5.41, 5.74) is 9.56. The molecule has 2 aromatic carbocycles. The molecule has 4 rings (SSSR count). The van der Waals surface area contributed by atoms with E-state index in [1.807, 2.05) is 49.4 Å². The summed E-state index contributed by atoms with van der Waals surface area (Å²) >= 11 is 0. The number of rotatable bonds is 3. The van der Waals surface area contributed by atoms with Gasteiger partial charge in [0, 0.05) is 16.8 Å². The first-order valence-electron chi connectivity index (χ1n) is 8.10. The number of hydrogen-bond acceptors (Lipinski definition) is 5. The molecular formula is C20H16N4O2. The first-order valence-corrected chi connectivity index (χ1v) is 8.10. The summed E-state index contributed by atoms with van der Waals surface area (Å²) in [6.45, 7) is 1.86. The predicted molar refractivity (Wildman–Crippen MR) is 101 cm³/mol. The molecule has 2 heterocycles. The molecule has 2 aromatic heterocycles. The van der Waals surface area contributed by atoms with Gasteiger partial charge in [0.05, 0.1) is 5.39 Å². The number of nitrogens with zero attached hydrogens (tertiary/aromatic N) is 2. The van der Waals surface area contributed by atoms with Crippen LogP contribution in [0.5, 0.6) is 0 Å². The van der Waals surface area contributed by atoms with E-state index in [0.717, 1.165) is 11.1 Å². The molecule has 3 N–H and O–H groups in total. The Labute approximate surface area is 149 Å². The third-order valence-corrected chi connectivity index (χ3v) is 4.16. The van der Waals surface area contributed by atoms with Crippen LogP contribution >= 0.6 is 0 Å². The van der Waals surface area contributed by atoms with E-state index in [1.54, 1.807) is 12.1 Å². The molecule has 0 bridgehead atoms. The van der Waals surface area contributed by atoms with Gasteiger partial charge in [0.15, 0.2) is 0 Å². The molecule has 0 saturated carbocycles. The van der Waals surface area contributed by atoms with E-state index in [-0.39, 0.29) is 5.91 Å². The van der Waals surface area contributed by atoms with E-state index in [0.29, 0.717) is 33.9 Å². The van der Waals surface area contributed by atoms with Crippen molar-refractivity contribution in [1.29, 1.82) is 0 Å². The second-order valence-electron chi connectivity index (χ2n) is 5.87. The van der Waals surface area contributed by atoms with Crippen LogP contribution in [0, 0.1) is 6.92 Å². The number of aryl methyl sites for hydroxylation is 1. The van der Waals surface area contributed by atoms with Crippen LogP contribution < -0.4 is 11.1 Å². The van der Waals surface area contributed by atoms with Crippen molar-refractivity contribution in [3.8, 4) is 11.1 Å². The van der Waals surface area contributed by atoms with Gasteiger partial charge in [-0.05, 0) is 36.8 Å². The maximum atomic E-state index is 12.2. The number of aromatic nitrogens is 2. The molecule has 0 saturated heterocycles. The highest BCUT2D eigenvalue weighted by molar-refractivity contribution is 6.04. The van der Waals surface area contributed by atoms with Gasteiger partial charge in [0.2, 0.25) is 5.71 Å². The molecule has 0 aliphatic carbocycles. The van der Waals surface area contributed by atoms with Crippen molar-refractivity contribution in [2.24, 2.45) is 0 Å². The van der Waals surface area contributed by atoms with Crippen molar-refractivity contribution < 1.29 is 9.21 Å². The Bertz CT molecular complexity index is 1090. The van der Waals surface area contributed by atoms with Crippen molar-refractivity contribution in [1.82, 2.24) is 9.97 Å². The minimum atomic E-state index is -0.152. The number of nitrogens with two attached hydrogens (primary N) is 1. The topological polar surface area (TPSA) is 94.0 Å². The van der Waals surface area contributed by atoms with E-state index < -0.39 is 0 Å². The van der Waals surface area contributed by atoms with Crippen LogP contribution in [0.1, 0.15) is 16.1 Å². The first kappa shape index (κ1) is 15.8. The predicted octanol–water partition coefficient (Wildman–Crippen LogP) is 4.03. The van der Waals surface area contributed by atoms with Crippen LogP contribution in [0.15, 0.2) is 65.3 Å². The lowest BCUT2D eigenvalue weighted by atomic mass is 10.0. The summed E-state index contributed by atoms with van der Waals surface area (Å²) in [5, 5.41) is 3.58. The highest BCUT2D eigenvalue weighted by Gasteiger charge is 2.17. The number of amides is 1. The highest BCUT2D eigenvalue weighted by Crippen LogP contribution is 2.36. The van der Waals surface area contributed by atoms with Crippen molar-refractivity contribution in [3.63, 3.8) is 0 Å². The Balaban J connectivity index is 1.65. The molecule has 1 amide bonds. The smallest absolute Gasteiger partial charge is 0.255 e. The molecule has 0 aliphatic rings. The van der Waals surface area contributed by atoms with Crippen LogP contribution in [0.4, 0.5) is 11.5 Å². The van der Waals surface area contributed by atoms with Gasteiger partial charge in [-0.2, -0.15) is 0 Å². The van der Waals surface area contributed by atoms with Crippen LogP contribution in [0.3, 0.4) is 0 Å². The normalized spacial score (nSPS) is 10.8. The van der Waals surface area contributed by atoms with Gasteiger partial charge in [-0.3, -0.25) is 4.79 Å². The number of anilines is 2. The van der Waals surface area contributed by atoms with Crippen molar-refractivity contribution in [2.45, 2.75) is 6.92 Å². The minimum Gasteiger partial charge on any atom is -0.442 e. The molecule has 0 atom stereocenters. The monoisotopic (exact) mass is 344 g/mol. The number of nitrogen functional groups attached to an aromatic ring is 1. The van der Waals surface area contributed by atoms with Gasteiger partial charge in [-0.15, -0.1) is 0 Å². The Morgan fingerprint density at radius 3 is 2.50 bits per heavy atom. The van der Waals surface area contributed by atoms with Crippen LogP contribution in [-0.4, -0.2) is 15.9 Å². The molecular weight excluding hydrogens is 328 g/mol. The number of carbonyl (C=O) groups is 1. The van der Waals surface area contributed by atoms with Gasteiger partial charge >= 0.3 is 0 Å². The zero-order valence-electron chi connectivity index (χ0n) is 14.1.